The fourth-order valence-electron chi connectivity index (χ4n) is 4.37. The highest BCUT2D eigenvalue weighted by Crippen LogP contribution is 2.43. The standard InChI is InChI=1S/C25H21N3O4/c1-31-15-7-9-22-18(11-15)20(13-26-22)25(17-5-3-4-6-24(17)28(29)30)21-14-27-23-10-8-16(32-2)12-19(21)23/h3-14,25-27H,1-2H3. The van der Waals surface area contributed by atoms with Crippen LogP contribution in [0.3, 0.4) is 0 Å². The van der Waals surface area contributed by atoms with Crippen LogP contribution in [0.25, 0.3) is 21.8 Å². The molecule has 3 aromatic carbocycles. The Morgan fingerprint density at radius 2 is 1.31 bits per heavy atom. The maximum Gasteiger partial charge on any atom is 0.273 e. The van der Waals surface area contributed by atoms with Gasteiger partial charge in [0.15, 0.2) is 0 Å². The third-order valence-corrected chi connectivity index (χ3v) is 5.91. The highest BCUT2D eigenvalue weighted by atomic mass is 16.6. The lowest BCUT2D eigenvalue weighted by molar-refractivity contribution is -0.385. The fourth-order valence-corrected chi connectivity index (χ4v) is 4.37. The molecular formula is C25H21N3O4. The number of H-pyrrole nitrogens is 2. The van der Waals surface area contributed by atoms with Gasteiger partial charge < -0.3 is 19.4 Å². The Morgan fingerprint density at radius 3 is 1.81 bits per heavy atom. The Balaban J connectivity index is 1.84. The number of nitrogens with one attached hydrogen (secondary N) is 2. The van der Waals surface area contributed by atoms with E-state index in [0.717, 1.165) is 44.4 Å². The predicted molar refractivity (Wildman–Crippen MR) is 124 cm³/mol. The summed E-state index contributed by atoms with van der Waals surface area (Å²) < 4.78 is 10.9. The van der Waals surface area contributed by atoms with Crippen molar-refractivity contribution >= 4 is 27.5 Å². The number of hydrogen-bond donors (Lipinski definition) is 2. The minimum atomic E-state index is -0.390. The third-order valence-electron chi connectivity index (χ3n) is 5.91. The number of methoxy groups -OCH3 is 2. The number of benzene rings is 3. The lowest BCUT2D eigenvalue weighted by Crippen LogP contribution is -2.06. The van der Waals surface area contributed by atoms with Gasteiger partial charge in [-0.2, -0.15) is 0 Å². The van der Waals surface area contributed by atoms with Crippen molar-refractivity contribution in [1.82, 2.24) is 9.97 Å². The highest BCUT2D eigenvalue weighted by molar-refractivity contribution is 5.90. The summed E-state index contributed by atoms with van der Waals surface area (Å²) in [6.07, 6.45) is 3.84. The van der Waals surface area contributed by atoms with Gasteiger partial charge in [-0.25, -0.2) is 0 Å². The molecule has 7 heteroatoms. The molecule has 0 fully saturated rings. The molecule has 2 aromatic heterocycles. The number of fused-ring (bicyclic) bond motifs is 2. The topological polar surface area (TPSA) is 93.2 Å². The molecule has 0 unspecified atom stereocenters. The van der Waals surface area contributed by atoms with Gasteiger partial charge in [0, 0.05) is 51.7 Å². The van der Waals surface area contributed by atoms with Gasteiger partial charge >= 0.3 is 0 Å². The number of aromatic nitrogens is 2. The Kier molecular flexibility index (Phi) is 4.78. The summed E-state index contributed by atoms with van der Waals surface area (Å²) in [6.45, 7) is 0. The summed E-state index contributed by atoms with van der Waals surface area (Å²) >= 11 is 0. The lowest BCUT2D eigenvalue weighted by Gasteiger charge is -2.18. The van der Waals surface area contributed by atoms with Gasteiger partial charge in [0.25, 0.3) is 5.69 Å². The molecule has 2 heterocycles. The molecule has 5 aromatic rings. The maximum absolute atomic E-state index is 11.9. The first-order valence-electron chi connectivity index (χ1n) is 10.1. The first-order chi connectivity index (χ1) is 15.6. The van der Waals surface area contributed by atoms with Crippen molar-refractivity contribution in [3.05, 3.63) is 99.9 Å². The molecule has 0 amide bonds. The number of nitro benzene ring substituents is 1. The van der Waals surface area contributed by atoms with Gasteiger partial charge in [-0.3, -0.25) is 10.1 Å². The van der Waals surface area contributed by atoms with Crippen LogP contribution in [0.5, 0.6) is 11.5 Å². The Bertz CT molecular complexity index is 1370. The molecule has 0 bridgehead atoms. The van der Waals surface area contributed by atoms with Crippen LogP contribution in [0.1, 0.15) is 22.6 Å². The minimum Gasteiger partial charge on any atom is -0.497 e. The van der Waals surface area contributed by atoms with E-state index in [9.17, 15) is 10.1 Å². The predicted octanol–water partition coefficient (Wildman–Crippen LogP) is 5.75. The van der Waals surface area contributed by atoms with Gasteiger partial charge in [0.2, 0.25) is 0 Å². The van der Waals surface area contributed by atoms with Gasteiger partial charge in [-0.15, -0.1) is 0 Å². The summed E-state index contributed by atoms with van der Waals surface area (Å²) in [7, 11) is 3.25. The summed E-state index contributed by atoms with van der Waals surface area (Å²) in [4.78, 5) is 18.2. The smallest absolute Gasteiger partial charge is 0.273 e. The molecule has 0 saturated carbocycles. The van der Waals surface area contributed by atoms with Crippen LogP contribution in [0.2, 0.25) is 0 Å². The number of hydrogen-bond acceptors (Lipinski definition) is 4. The van der Waals surface area contributed by atoms with E-state index in [2.05, 4.69) is 9.97 Å². The number of aromatic amines is 2. The summed E-state index contributed by atoms with van der Waals surface area (Å²) in [5.74, 6) is 1.05. The third kappa shape index (κ3) is 3.15. The number of para-hydroxylation sites is 1. The van der Waals surface area contributed by atoms with E-state index in [1.54, 1.807) is 26.4 Å². The van der Waals surface area contributed by atoms with E-state index in [1.165, 1.54) is 0 Å². The van der Waals surface area contributed by atoms with E-state index >= 15 is 0 Å². The Labute approximate surface area is 183 Å². The van der Waals surface area contributed by atoms with E-state index in [-0.39, 0.29) is 10.6 Å². The van der Waals surface area contributed by atoms with Gasteiger partial charge in [-0.05, 0) is 47.5 Å². The summed E-state index contributed by atoms with van der Waals surface area (Å²) in [5.41, 5.74) is 4.41. The van der Waals surface area contributed by atoms with Crippen LogP contribution in [0.4, 0.5) is 5.69 Å². The first-order valence-corrected chi connectivity index (χ1v) is 10.1. The Hall–Kier alpha value is -4.26. The first kappa shape index (κ1) is 19.7. The van der Waals surface area contributed by atoms with Gasteiger partial charge in [0.05, 0.1) is 19.1 Å². The highest BCUT2D eigenvalue weighted by Gasteiger charge is 2.29. The van der Waals surface area contributed by atoms with Crippen LogP contribution < -0.4 is 9.47 Å². The molecule has 5 rings (SSSR count). The second kappa shape index (κ2) is 7.77. The summed E-state index contributed by atoms with van der Waals surface area (Å²) in [5, 5.41) is 13.8. The second-order valence-electron chi connectivity index (χ2n) is 7.56. The fraction of sp³-hybridized carbons (Fsp3) is 0.120. The van der Waals surface area contributed by atoms with E-state index in [4.69, 9.17) is 9.47 Å². The average Bonchev–Trinajstić information content (AvgIpc) is 3.43. The second-order valence-corrected chi connectivity index (χ2v) is 7.56. The molecule has 7 nitrogen and oxygen atoms in total. The van der Waals surface area contributed by atoms with Crippen LogP contribution in [-0.4, -0.2) is 29.1 Å². The largest absolute Gasteiger partial charge is 0.497 e. The zero-order valence-electron chi connectivity index (χ0n) is 17.6. The molecule has 0 aliphatic carbocycles. The zero-order chi connectivity index (χ0) is 22.2. The molecule has 0 spiro atoms. The summed E-state index contributed by atoms with van der Waals surface area (Å²) in [6, 6.07) is 18.5. The van der Waals surface area contributed by atoms with Crippen molar-refractivity contribution < 1.29 is 14.4 Å². The molecule has 0 atom stereocenters. The quantitative estimate of drug-likeness (QED) is 0.266. The maximum atomic E-state index is 11.9. The number of rotatable bonds is 6. The van der Waals surface area contributed by atoms with E-state index in [1.807, 2.05) is 60.9 Å². The molecule has 0 saturated heterocycles. The van der Waals surface area contributed by atoms with Crippen LogP contribution in [-0.2, 0) is 0 Å². The van der Waals surface area contributed by atoms with Crippen LogP contribution in [0, 0.1) is 10.1 Å². The number of nitrogens with zero attached hydrogens (tertiary/aromatic N) is 1. The average molecular weight is 427 g/mol. The van der Waals surface area contributed by atoms with Crippen molar-refractivity contribution in [3.63, 3.8) is 0 Å². The van der Waals surface area contributed by atoms with E-state index < -0.39 is 5.92 Å². The molecule has 32 heavy (non-hydrogen) atoms. The molecule has 160 valence electrons. The lowest BCUT2D eigenvalue weighted by atomic mass is 9.84. The van der Waals surface area contributed by atoms with Crippen molar-refractivity contribution in [2.24, 2.45) is 0 Å². The minimum absolute atomic E-state index is 0.0759. The van der Waals surface area contributed by atoms with Crippen molar-refractivity contribution in [2.45, 2.75) is 5.92 Å². The molecular weight excluding hydrogens is 406 g/mol. The van der Waals surface area contributed by atoms with E-state index in [0.29, 0.717) is 5.56 Å². The number of ether oxygens (including phenoxy) is 2. The normalized spacial score (nSPS) is 11.3. The van der Waals surface area contributed by atoms with Crippen molar-refractivity contribution in [3.8, 4) is 11.5 Å². The molecule has 0 aliphatic rings. The van der Waals surface area contributed by atoms with Crippen LogP contribution in [0.15, 0.2) is 73.1 Å². The zero-order valence-corrected chi connectivity index (χ0v) is 17.6. The molecule has 0 aliphatic heterocycles. The van der Waals surface area contributed by atoms with Gasteiger partial charge in [0.1, 0.15) is 11.5 Å². The Morgan fingerprint density at radius 1 is 0.781 bits per heavy atom. The monoisotopic (exact) mass is 427 g/mol. The van der Waals surface area contributed by atoms with Crippen molar-refractivity contribution in [2.75, 3.05) is 14.2 Å². The van der Waals surface area contributed by atoms with Crippen LogP contribution >= 0.6 is 0 Å². The molecule has 0 radical (unpaired) electrons. The number of nitro groups is 1. The van der Waals surface area contributed by atoms with Gasteiger partial charge in [-0.1, -0.05) is 18.2 Å². The molecule has 2 N–H and O–H groups in total. The van der Waals surface area contributed by atoms with Crippen molar-refractivity contribution in [1.29, 1.82) is 0 Å². The SMILES string of the molecule is COc1ccc2[nH]cc(C(c3ccccc3[N+](=O)[O-])c3c[nH]c4ccc(OC)cc34)c2c1.